The number of urea groups is 1. The molecule has 0 aromatic heterocycles. The number of benzene rings is 1. The van der Waals surface area contributed by atoms with Crippen molar-refractivity contribution in [1.82, 2.24) is 4.90 Å². The highest BCUT2D eigenvalue weighted by Crippen LogP contribution is 2.23. The summed E-state index contributed by atoms with van der Waals surface area (Å²) in [6.45, 7) is 3.93. The van der Waals surface area contributed by atoms with Crippen molar-refractivity contribution in [2.45, 2.75) is 38.6 Å². The molecule has 5 heteroatoms. The third-order valence-electron chi connectivity index (χ3n) is 4.31. The number of nitrogens with one attached hydrogen (secondary N) is 1. The zero-order valence-corrected chi connectivity index (χ0v) is 13.6. The number of amides is 2. The van der Waals surface area contributed by atoms with Gasteiger partial charge in [-0.05, 0) is 38.0 Å². The van der Waals surface area contributed by atoms with Crippen LogP contribution in [0.2, 0.25) is 0 Å². The Morgan fingerprint density at radius 3 is 2.64 bits per heavy atom. The van der Waals surface area contributed by atoms with Crippen molar-refractivity contribution in [3.63, 3.8) is 0 Å². The Kier molecular flexibility index (Phi) is 6.07. The van der Waals surface area contributed by atoms with E-state index < -0.39 is 0 Å². The van der Waals surface area contributed by atoms with Crippen molar-refractivity contribution >= 4 is 17.4 Å². The normalized spacial score (nSPS) is 16.8. The van der Waals surface area contributed by atoms with E-state index in [0.717, 1.165) is 24.5 Å². The maximum atomic E-state index is 12.1. The second kappa shape index (κ2) is 8.03. The van der Waals surface area contributed by atoms with Gasteiger partial charge in [-0.1, -0.05) is 18.9 Å². The van der Waals surface area contributed by atoms with Gasteiger partial charge in [-0.15, -0.1) is 0 Å². The molecule has 5 nitrogen and oxygen atoms in total. The number of hydrogen-bond acceptors (Lipinski definition) is 3. The van der Waals surface area contributed by atoms with Gasteiger partial charge in [-0.25, -0.2) is 4.79 Å². The molecule has 1 aliphatic rings. The molecule has 1 heterocycles. The van der Waals surface area contributed by atoms with Crippen LogP contribution in [-0.2, 0) is 0 Å². The van der Waals surface area contributed by atoms with Crippen molar-refractivity contribution in [1.29, 1.82) is 0 Å². The van der Waals surface area contributed by atoms with Crippen molar-refractivity contribution in [3.05, 3.63) is 24.3 Å². The lowest BCUT2D eigenvalue weighted by molar-refractivity contribution is 0.166. The molecule has 1 saturated heterocycles. The molecule has 0 spiro atoms. The van der Waals surface area contributed by atoms with Crippen LogP contribution in [0.15, 0.2) is 24.3 Å². The van der Waals surface area contributed by atoms with Crippen molar-refractivity contribution in [2.24, 2.45) is 0 Å². The number of nitrogens with zero attached hydrogens (tertiary/aromatic N) is 2. The van der Waals surface area contributed by atoms with Gasteiger partial charge in [0.25, 0.3) is 0 Å². The molecule has 2 amide bonds. The minimum atomic E-state index is -0.200. The smallest absolute Gasteiger partial charge is 0.321 e. The molecular weight excluding hydrogens is 278 g/mol. The maximum Gasteiger partial charge on any atom is 0.321 e. The molecule has 122 valence electrons. The monoisotopic (exact) mass is 305 g/mol. The van der Waals surface area contributed by atoms with E-state index in [1.807, 2.05) is 25.1 Å². The number of anilines is 2. The second-order valence-electron chi connectivity index (χ2n) is 6.02. The third-order valence-corrected chi connectivity index (χ3v) is 4.31. The topological polar surface area (TPSA) is 55.8 Å². The molecule has 0 bridgehead atoms. The van der Waals surface area contributed by atoms with Crippen LogP contribution < -0.4 is 10.2 Å². The highest BCUT2D eigenvalue weighted by Gasteiger charge is 2.15. The van der Waals surface area contributed by atoms with Crippen molar-refractivity contribution in [2.75, 3.05) is 37.0 Å². The van der Waals surface area contributed by atoms with Gasteiger partial charge < -0.3 is 20.2 Å². The Morgan fingerprint density at radius 1 is 1.32 bits per heavy atom. The zero-order valence-electron chi connectivity index (χ0n) is 13.6. The molecule has 1 unspecified atom stereocenters. The maximum absolute atomic E-state index is 12.1. The first kappa shape index (κ1) is 16.6. The Bertz CT molecular complexity index is 485. The van der Waals surface area contributed by atoms with E-state index in [2.05, 4.69) is 16.3 Å². The van der Waals surface area contributed by atoms with Crippen LogP contribution in [0.1, 0.15) is 32.6 Å². The first-order valence-electron chi connectivity index (χ1n) is 8.11. The van der Waals surface area contributed by atoms with Gasteiger partial charge in [0.15, 0.2) is 0 Å². The molecule has 2 N–H and O–H groups in total. The fourth-order valence-corrected chi connectivity index (χ4v) is 2.64. The summed E-state index contributed by atoms with van der Waals surface area (Å²) in [5.41, 5.74) is 1.96. The molecule has 22 heavy (non-hydrogen) atoms. The number of aliphatic hydroxyl groups is 1. The molecule has 1 atom stereocenters. The standard InChI is InChI=1S/C17H27N3O2/c1-14(13-21)19(2)17(22)18-15-8-7-9-16(12-15)20-10-5-3-4-6-11-20/h7-9,12,14,21H,3-6,10-11,13H2,1-2H3,(H,18,22). The van der Waals surface area contributed by atoms with E-state index in [-0.39, 0.29) is 18.7 Å². The quantitative estimate of drug-likeness (QED) is 0.899. The fourth-order valence-electron chi connectivity index (χ4n) is 2.64. The van der Waals surface area contributed by atoms with Gasteiger partial charge in [-0.2, -0.15) is 0 Å². The highest BCUT2D eigenvalue weighted by atomic mass is 16.3. The fraction of sp³-hybridized carbons (Fsp3) is 0.588. The van der Waals surface area contributed by atoms with Crippen LogP contribution in [0.3, 0.4) is 0 Å². The first-order valence-corrected chi connectivity index (χ1v) is 8.11. The van der Waals surface area contributed by atoms with E-state index >= 15 is 0 Å². The summed E-state index contributed by atoms with van der Waals surface area (Å²) in [7, 11) is 1.69. The Hall–Kier alpha value is -1.75. The first-order chi connectivity index (χ1) is 10.6. The number of carbonyl (C=O) groups is 1. The highest BCUT2D eigenvalue weighted by molar-refractivity contribution is 5.90. The van der Waals surface area contributed by atoms with E-state index in [4.69, 9.17) is 5.11 Å². The molecule has 0 aliphatic carbocycles. The lowest BCUT2D eigenvalue weighted by Gasteiger charge is -2.25. The van der Waals surface area contributed by atoms with Crippen LogP contribution in [0.4, 0.5) is 16.2 Å². The largest absolute Gasteiger partial charge is 0.394 e. The number of aliphatic hydroxyl groups excluding tert-OH is 1. The molecule has 0 saturated carbocycles. The summed E-state index contributed by atoms with van der Waals surface area (Å²) in [5.74, 6) is 0. The lowest BCUT2D eigenvalue weighted by atomic mass is 10.2. The van der Waals surface area contributed by atoms with Crippen LogP contribution in [0, 0.1) is 0 Å². The van der Waals surface area contributed by atoms with Gasteiger partial charge in [-0.3, -0.25) is 0 Å². The zero-order chi connectivity index (χ0) is 15.9. The number of carbonyl (C=O) groups excluding carboxylic acids is 1. The average Bonchev–Trinajstić information content (AvgIpc) is 2.82. The summed E-state index contributed by atoms with van der Waals surface area (Å²) in [6, 6.07) is 7.60. The molecule has 1 aliphatic heterocycles. The summed E-state index contributed by atoms with van der Waals surface area (Å²) in [5, 5.41) is 12.0. The molecule has 1 aromatic rings. The number of hydrogen-bond donors (Lipinski definition) is 2. The van der Waals surface area contributed by atoms with E-state index in [1.54, 1.807) is 7.05 Å². The molecular formula is C17H27N3O2. The van der Waals surface area contributed by atoms with Gasteiger partial charge in [0, 0.05) is 31.5 Å². The summed E-state index contributed by atoms with van der Waals surface area (Å²) >= 11 is 0. The van der Waals surface area contributed by atoms with Crippen molar-refractivity contribution < 1.29 is 9.90 Å². The van der Waals surface area contributed by atoms with Gasteiger partial charge in [0.05, 0.1) is 12.6 Å². The summed E-state index contributed by atoms with van der Waals surface area (Å²) < 4.78 is 0. The number of likely N-dealkylation sites (N-methyl/N-ethyl adjacent to an activating group) is 1. The van der Waals surface area contributed by atoms with Gasteiger partial charge in [0.1, 0.15) is 0 Å². The SMILES string of the molecule is CC(CO)N(C)C(=O)Nc1cccc(N2CCCCCC2)c1. The predicted octanol–water partition coefficient (Wildman–Crippen LogP) is 2.91. The molecule has 0 radical (unpaired) electrons. The minimum absolute atomic E-state index is 0.0439. The molecule has 2 rings (SSSR count). The third kappa shape index (κ3) is 4.37. The molecule has 1 aromatic carbocycles. The predicted molar refractivity (Wildman–Crippen MR) is 90.5 cm³/mol. The minimum Gasteiger partial charge on any atom is -0.394 e. The lowest BCUT2D eigenvalue weighted by Crippen LogP contribution is -2.40. The van der Waals surface area contributed by atoms with Crippen LogP contribution >= 0.6 is 0 Å². The van der Waals surface area contributed by atoms with E-state index in [0.29, 0.717) is 0 Å². The van der Waals surface area contributed by atoms with Crippen LogP contribution in [-0.4, -0.2) is 48.8 Å². The Morgan fingerprint density at radius 2 is 2.00 bits per heavy atom. The summed E-state index contributed by atoms with van der Waals surface area (Å²) in [6.07, 6.45) is 5.06. The Labute approximate surface area is 132 Å². The molecule has 1 fully saturated rings. The average molecular weight is 305 g/mol. The van der Waals surface area contributed by atoms with Crippen LogP contribution in [0.5, 0.6) is 0 Å². The number of rotatable bonds is 4. The second-order valence-corrected chi connectivity index (χ2v) is 6.02. The van der Waals surface area contributed by atoms with E-state index in [9.17, 15) is 4.79 Å². The van der Waals surface area contributed by atoms with Crippen LogP contribution in [0.25, 0.3) is 0 Å². The summed E-state index contributed by atoms with van der Waals surface area (Å²) in [4.78, 5) is 16.0. The van der Waals surface area contributed by atoms with Crippen molar-refractivity contribution in [3.8, 4) is 0 Å². The Balaban J connectivity index is 2.03. The van der Waals surface area contributed by atoms with Gasteiger partial charge in [0.2, 0.25) is 0 Å². The van der Waals surface area contributed by atoms with E-state index in [1.165, 1.54) is 30.6 Å². The van der Waals surface area contributed by atoms with Gasteiger partial charge >= 0.3 is 6.03 Å².